The van der Waals surface area contributed by atoms with E-state index in [4.69, 9.17) is 4.74 Å². The van der Waals surface area contributed by atoms with Crippen molar-refractivity contribution in [2.24, 2.45) is 0 Å². The Balaban J connectivity index is 1.34. The molecule has 1 aromatic carbocycles. The van der Waals surface area contributed by atoms with Gasteiger partial charge in [0.1, 0.15) is 12.6 Å². The highest BCUT2D eigenvalue weighted by Gasteiger charge is 2.37. The summed E-state index contributed by atoms with van der Waals surface area (Å²) in [4.78, 5) is 47.3. The van der Waals surface area contributed by atoms with E-state index in [1.165, 1.54) is 10.9 Å². The smallest absolute Gasteiger partial charge is 0.329 e. The molecule has 170 valence electrons. The summed E-state index contributed by atoms with van der Waals surface area (Å²) in [7, 11) is 0. The summed E-state index contributed by atoms with van der Waals surface area (Å²) in [5.41, 5.74) is 3.20. The number of carbonyl (C=O) groups excluding carboxylic acids is 2. The number of nitrogens with one attached hydrogen (secondary N) is 1. The Morgan fingerprint density at radius 3 is 2.82 bits per heavy atom. The molecule has 33 heavy (non-hydrogen) atoms. The number of nitrogens with zero attached hydrogens (tertiary/aromatic N) is 4. The van der Waals surface area contributed by atoms with E-state index in [-0.39, 0.29) is 18.1 Å². The number of fused-ring (bicyclic) bond motifs is 1. The molecule has 5 rings (SSSR count). The number of hydrogen-bond donors (Lipinski definition) is 1. The first-order chi connectivity index (χ1) is 16.0. The predicted octanol–water partition coefficient (Wildman–Crippen LogP) is 2.10. The Morgan fingerprint density at radius 2 is 2.00 bits per heavy atom. The molecule has 3 aromatic rings. The number of H-pyrrole nitrogens is 1. The molecule has 9 nitrogen and oxygen atoms in total. The van der Waals surface area contributed by atoms with Gasteiger partial charge in [-0.2, -0.15) is 5.10 Å². The van der Waals surface area contributed by atoms with Gasteiger partial charge < -0.3 is 9.64 Å². The maximum atomic E-state index is 13.3. The first-order valence-corrected chi connectivity index (χ1v) is 11.2. The van der Waals surface area contributed by atoms with Crippen LogP contribution >= 0.6 is 0 Å². The fourth-order valence-electron chi connectivity index (χ4n) is 4.60. The number of esters is 1. The molecule has 1 fully saturated rings. The highest BCUT2D eigenvalue weighted by Crippen LogP contribution is 2.24. The Bertz CT molecular complexity index is 1260. The maximum Gasteiger partial charge on any atom is 0.329 e. The van der Waals surface area contributed by atoms with Crippen LogP contribution in [0.3, 0.4) is 0 Å². The number of carbonyl (C=O) groups is 2. The molecule has 0 bridgehead atoms. The quantitative estimate of drug-likeness (QED) is 0.600. The van der Waals surface area contributed by atoms with E-state index in [2.05, 4.69) is 15.1 Å². The van der Waals surface area contributed by atoms with Crippen molar-refractivity contribution < 1.29 is 14.3 Å². The Labute approximate surface area is 190 Å². The number of hydrogen-bond acceptors (Lipinski definition) is 6. The second-order valence-corrected chi connectivity index (χ2v) is 8.47. The zero-order valence-electron chi connectivity index (χ0n) is 18.4. The van der Waals surface area contributed by atoms with Crippen molar-refractivity contribution in [2.45, 2.75) is 51.7 Å². The molecule has 3 heterocycles. The summed E-state index contributed by atoms with van der Waals surface area (Å²) >= 11 is 0. The molecule has 2 aliphatic rings. The number of aryl methyl sites for hydroxylation is 1. The Hall–Kier alpha value is -3.75. The van der Waals surface area contributed by atoms with Gasteiger partial charge in [0.2, 0.25) is 5.95 Å². The van der Waals surface area contributed by atoms with E-state index in [0.717, 1.165) is 42.5 Å². The van der Waals surface area contributed by atoms with Gasteiger partial charge in [-0.1, -0.05) is 30.3 Å². The van der Waals surface area contributed by atoms with Gasteiger partial charge in [0.05, 0.1) is 23.1 Å². The maximum absolute atomic E-state index is 13.3. The molecule has 0 saturated carbocycles. The SMILES string of the molecule is Cc1c(C(=O)N2CCC[C@@H]2C(=O)OCc2ccccc2)cnn1-c1nc2c(c(=O)[nH]1)CCC2. The third-order valence-corrected chi connectivity index (χ3v) is 6.38. The fraction of sp³-hybridized carbons (Fsp3) is 0.375. The third-order valence-electron chi connectivity index (χ3n) is 6.38. The lowest BCUT2D eigenvalue weighted by atomic mass is 10.2. The van der Waals surface area contributed by atoms with Crippen LogP contribution in [0.2, 0.25) is 0 Å². The van der Waals surface area contributed by atoms with E-state index in [0.29, 0.717) is 30.2 Å². The largest absolute Gasteiger partial charge is 0.459 e. The van der Waals surface area contributed by atoms with Gasteiger partial charge >= 0.3 is 5.97 Å². The van der Waals surface area contributed by atoms with Crippen molar-refractivity contribution in [2.75, 3.05) is 6.54 Å². The summed E-state index contributed by atoms with van der Waals surface area (Å²) in [6.07, 6.45) is 5.16. The van der Waals surface area contributed by atoms with Crippen LogP contribution in [0.15, 0.2) is 41.3 Å². The lowest BCUT2D eigenvalue weighted by Gasteiger charge is -2.23. The molecular formula is C24H25N5O4. The monoisotopic (exact) mass is 447 g/mol. The zero-order chi connectivity index (χ0) is 22.9. The number of rotatable bonds is 5. The number of benzene rings is 1. The van der Waals surface area contributed by atoms with Gasteiger partial charge in [0.15, 0.2) is 0 Å². The molecule has 2 aromatic heterocycles. The molecule has 1 amide bonds. The normalized spacial score (nSPS) is 17.2. The number of aromatic nitrogens is 4. The van der Waals surface area contributed by atoms with Crippen LogP contribution in [0.4, 0.5) is 0 Å². The summed E-state index contributed by atoms with van der Waals surface area (Å²) in [5, 5.41) is 4.31. The number of amides is 1. The van der Waals surface area contributed by atoms with Crippen molar-refractivity contribution in [3.05, 3.63) is 75.0 Å². The Kier molecular flexibility index (Phi) is 5.53. The first kappa shape index (κ1) is 21.1. The van der Waals surface area contributed by atoms with Gasteiger partial charge in [-0.05, 0) is 44.6 Å². The minimum absolute atomic E-state index is 0.156. The van der Waals surface area contributed by atoms with Crippen LogP contribution in [-0.4, -0.2) is 49.1 Å². The first-order valence-electron chi connectivity index (χ1n) is 11.2. The van der Waals surface area contributed by atoms with Crippen molar-refractivity contribution in [1.29, 1.82) is 0 Å². The van der Waals surface area contributed by atoms with Crippen LogP contribution in [-0.2, 0) is 29.0 Å². The number of ether oxygens (including phenoxy) is 1. The number of aromatic amines is 1. The van der Waals surface area contributed by atoms with Crippen molar-refractivity contribution in [3.63, 3.8) is 0 Å². The van der Waals surface area contributed by atoms with Crippen LogP contribution in [0.1, 0.15) is 52.1 Å². The van der Waals surface area contributed by atoms with Crippen molar-refractivity contribution in [3.8, 4) is 5.95 Å². The average molecular weight is 447 g/mol. The van der Waals surface area contributed by atoms with E-state index in [1.54, 1.807) is 11.8 Å². The van der Waals surface area contributed by atoms with Crippen LogP contribution in [0.25, 0.3) is 5.95 Å². The lowest BCUT2D eigenvalue weighted by Crippen LogP contribution is -2.41. The van der Waals surface area contributed by atoms with E-state index < -0.39 is 12.0 Å². The predicted molar refractivity (Wildman–Crippen MR) is 119 cm³/mol. The molecule has 9 heteroatoms. The zero-order valence-corrected chi connectivity index (χ0v) is 18.4. The van der Waals surface area contributed by atoms with Crippen LogP contribution in [0.5, 0.6) is 0 Å². The van der Waals surface area contributed by atoms with Gasteiger partial charge in [-0.25, -0.2) is 14.5 Å². The topological polar surface area (TPSA) is 110 Å². The molecule has 0 unspecified atom stereocenters. The fourth-order valence-corrected chi connectivity index (χ4v) is 4.60. The standard InChI is InChI=1S/C24H25N5O4/c1-15-18(13-25-29(15)24-26-19-10-5-9-17(19)21(30)27-24)22(31)28-12-6-11-20(28)23(32)33-14-16-7-3-2-4-8-16/h2-4,7-8,13,20H,5-6,9-12,14H2,1H3,(H,26,27,30)/t20-/m1/s1. The second-order valence-electron chi connectivity index (χ2n) is 8.47. The summed E-state index contributed by atoms with van der Waals surface area (Å²) in [5.74, 6) is -0.377. The van der Waals surface area contributed by atoms with Gasteiger partial charge in [-0.3, -0.25) is 14.6 Å². The van der Waals surface area contributed by atoms with Crippen LogP contribution < -0.4 is 5.56 Å². The number of likely N-dealkylation sites (tertiary alicyclic amines) is 1. The van der Waals surface area contributed by atoms with Crippen molar-refractivity contribution >= 4 is 11.9 Å². The van der Waals surface area contributed by atoms with E-state index >= 15 is 0 Å². The molecule has 1 N–H and O–H groups in total. The molecule has 0 radical (unpaired) electrons. The summed E-state index contributed by atoms with van der Waals surface area (Å²) in [6.45, 7) is 2.40. The third kappa shape index (κ3) is 3.94. The molecule has 1 atom stereocenters. The van der Waals surface area contributed by atoms with Crippen molar-refractivity contribution in [1.82, 2.24) is 24.6 Å². The second kappa shape index (κ2) is 8.65. The summed E-state index contributed by atoms with van der Waals surface area (Å²) < 4.78 is 6.96. The molecule has 1 saturated heterocycles. The van der Waals surface area contributed by atoms with Gasteiger partial charge in [0.25, 0.3) is 11.5 Å². The highest BCUT2D eigenvalue weighted by molar-refractivity contribution is 5.98. The lowest BCUT2D eigenvalue weighted by molar-refractivity contribution is -0.149. The molecular weight excluding hydrogens is 422 g/mol. The van der Waals surface area contributed by atoms with Gasteiger partial charge in [-0.15, -0.1) is 0 Å². The Morgan fingerprint density at radius 1 is 1.18 bits per heavy atom. The molecule has 0 spiro atoms. The van der Waals surface area contributed by atoms with Crippen LogP contribution in [0, 0.1) is 6.92 Å². The minimum atomic E-state index is -0.623. The molecule has 1 aliphatic carbocycles. The highest BCUT2D eigenvalue weighted by atomic mass is 16.5. The average Bonchev–Trinajstić information content (AvgIpc) is 3.57. The van der Waals surface area contributed by atoms with Gasteiger partial charge in [0, 0.05) is 12.1 Å². The summed E-state index contributed by atoms with van der Waals surface area (Å²) in [6, 6.07) is 8.83. The van der Waals surface area contributed by atoms with E-state index in [1.807, 2.05) is 30.3 Å². The molecule has 1 aliphatic heterocycles. The van der Waals surface area contributed by atoms with E-state index in [9.17, 15) is 14.4 Å². The minimum Gasteiger partial charge on any atom is -0.459 e.